The summed E-state index contributed by atoms with van der Waals surface area (Å²) in [5.41, 5.74) is 1.58. The summed E-state index contributed by atoms with van der Waals surface area (Å²) in [5.74, 6) is 0. The van der Waals surface area contributed by atoms with Gasteiger partial charge in [0.2, 0.25) is 0 Å². The molecule has 0 amide bonds. The number of rotatable bonds is 2. The van der Waals surface area contributed by atoms with Gasteiger partial charge in [0, 0.05) is 17.0 Å². The molecule has 1 heterocycles. The van der Waals surface area contributed by atoms with Crippen LogP contribution in [0, 0.1) is 18.3 Å². The lowest BCUT2D eigenvalue weighted by Crippen LogP contribution is -1.92. The third kappa shape index (κ3) is 2.63. The van der Waals surface area contributed by atoms with Crippen LogP contribution in [0.3, 0.4) is 0 Å². The zero-order valence-corrected chi connectivity index (χ0v) is 11.0. The molecule has 0 bridgehead atoms. The van der Waals surface area contributed by atoms with Crippen molar-refractivity contribution in [3.05, 3.63) is 40.5 Å². The Morgan fingerprint density at radius 3 is 2.76 bits per heavy atom. The second-order valence-corrected chi connectivity index (χ2v) is 5.10. The minimum Gasteiger partial charge on any atom is -0.262 e. The van der Waals surface area contributed by atoms with Crippen LogP contribution in [0.1, 0.15) is 11.3 Å². The standard InChI is InChI=1S/C12H10ClN3S/c1-8-5-12(16(2)15-8)17-11-6-10(13)4-3-9(11)7-14/h3-6H,1-2H3. The highest BCUT2D eigenvalue weighted by Gasteiger charge is 2.08. The summed E-state index contributed by atoms with van der Waals surface area (Å²) in [6, 6.07) is 9.39. The van der Waals surface area contributed by atoms with Gasteiger partial charge < -0.3 is 0 Å². The fourth-order valence-electron chi connectivity index (χ4n) is 1.47. The van der Waals surface area contributed by atoms with E-state index in [9.17, 15) is 0 Å². The Bertz CT molecular complexity index is 598. The van der Waals surface area contributed by atoms with E-state index in [-0.39, 0.29) is 0 Å². The molecule has 0 aliphatic rings. The van der Waals surface area contributed by atoms with Crippen molar-refractivity contribution in [1.29, 1.82) is 5.26 Å². The number of halogens is 1. The van der Waals surface area contributed by atoms with E-state index in [1.807, 2.05) is 20.0 Å². The molecule has 17 heavy (non-hydrogen) atoms. The lowest BCUT2D eigenvalue weighted by atomic mass is 10.2. The first-order valence-corrected chi connectivity index (χ1v) is 6.18. The van der Waals surface area contributed by atoms with Crippen molar-refractivity contribution in [3.8, 4) is 6.07 Å². The minimum atomic E-state index is 0.623. The van der Waals surface area contributed by atoms with Crippen molar-refractivity contribution < 1.29 is 0 Å². The highest BCUT2D eigenvalue weighted by Crippen LogP contribution is 2.32. The predicted octanol–water partition coefficient (Wildman–Crippen LogP) is 3.40. The quantitative estimate of drug-likeness (QED) is 0.834. The van der Waals surface area contributed by atoms with Crippen molar-refractivity contribution in [2.45, 2.75) is 16.8 Å². The summed E-state index contributed by atoms with van der Waals surface area (Å²) < 4.78 is 1.79. The second-order valence-electron chi connectivity index (χ2n) is 3.60. The van der Waals surface area contributed by atoms with E-state index < -0.39 is 0 Å². The van der Waals surface area contributed by atoms with Crippen LogP contribution in [0.5, 0.6) is 0 Å². The summed E-state index contributed by atoms with van der Waals surface area (Å²) in [7, 11) is 1.88. The van der Waals surface area contributed by atoms with Crippen LogP contribution in [-0.4, -0.2) is 9.78 Å². The Hall–Kier alpha value is -1.44. The number of benzene rings is 1. The third-order valence-electron chi connectivity index (χ3n) is 2.24. The van der Waals surface area contributed by atoms with Crippen LogP contribution in [-0.2, 0) is 7.05 Å². The smallest absolute Gasteiger partial charge is 0.100 e. The maximum absolute atomic E-state index is 9.03. The first kappa shape index (κ1) is 12.0. The van der Waals surface area contributed by atoms with Gasteiger partial charge in [0.25, 0.3) is 0 Å². The summed E-state index contributed by atoms with van der Waals surface area (Å²) in [5, 5.41) is 14.9. The van der Waals surface area contributed by atoms with Crippen LogP contribution in [0.15, 0.2) is 34.2 Å². The molecule has 1 aromatic carbocycles. The highest BCUT2D eigenvalue weighted by atomic mass is 35.5. The highest BCUT2D eigenvalue weighted by molar-refractivity contribution is 7.99. The first-order valence-electron chi connectivity index (χ1n) is 4.98. The number of nitriles is 1. The molecule has 0 saturated heterocycles. The van der Waals surface area contributed by atoms with Crippen LogP contribution in [0.2, 0.25) is 5.02 Å². The topological polar surface area (TPSA) is 41.6 Å². The Kier molecular flexibility index (Phi) is 3.41. The van der Waals surface area contributed by atoms with E-state index in [0.717, 1.165) is 15.6 Å². The van der Waals surface area contributed by atoms with Gasteiger partial charge in [-0.3, -0.25) is 4.68 Å². The Balaban J connectivity index is 2.39. The van der Waals surface area contributed by atoms with Crippen molar-refractivity contribution in [2.24, 2.45) is 7.05 Å². The van der Waals surface area contributed by atoms with Crippen LogP contribution in [0.25, 0.3) is 0 Å². The van der Waals surface area contributed by atoms with E-state index in [2.05, 4.69) is 11.2 Å². The summed E-state index contributed by atoms with van der Waals surface area (Å²) >= 11 is 7.43. The molecule has 2 aromatic rings. The summed E-state index contributed by atoms with van der Waals surface area (Å²) in [6.07, 6.45) is 0. The molecule has 0 spiro atoms. The van der Waals surface area contributed by atoms with Gasteiger partial charge in [0.05, 0.1) is 16.3 Å². The van der Waals surface area contributed by atoms with E-state index in [1.165, 1.54) is 11.8 Å². The SMILES string of the molecule is Cc1cc(Sc2cc(Cl)ccc2C#N)n(C)n1. The fourth-order valence-corrected chi connectivity index (χ4v) is 2.74. The van der Waals surface area contributed by atoms with Crippen LogP contribution >= 0.6 is 23.4 Å². The molecule has 0 radical (unpaired) electrons. The molecule has 1 aromatic heterocycles. The van der Waals surface area contributed by atoms with Crippen molar-refractivity contribution >= 4 is 23.4 Å². The molecule has 0 saturated carbocycles. The average molecular weight is 264 g/mol. The Morgan fingerprint density at radius 2 is 2.18 bits per heavy atom. The monoisotopic (exact) mass is 263 g/mol. The van der Waals surface area contributed by atoms with Gasteiger partial charge in [-0.15, -0.1) is 0 Å². The van der Waals surface area contributed by atoms with E-state index in [0.29, 0.717) is 10.6 Å². The molecule has 0 N–H and O–H groups in total. The molecule has 0 fully saturated rings. The van der Waals surface area contributed by atoms with E-state index >= 15 is 0 Å². The molecular weight excluding hydrogens is 254 g/mol. The first-order chi connectivity index (χ1) is 8.10. The van der Waals surface area contributed by atoms with Gasteiger partial charge >= 0.3 is 0 Å². The number of aromatic nitrogens is 2. The zero-order chi connectivity index (χ0) is 12.4. The van der Waals surface area contributed by atoms with Crippen molar-refractivity contribution in [1.82, 2.24) is 9.78 Å². The van der Waals surface area contributed by atoms with Gasteiger partial charge in [-0.2, -0.15) is 10.4 Å². The molecule has 0 atom stereocenters. The number of hydrogen-bond donors (Lipinski definition) is 0. The molecule has 5 heteroatoms. The van der Waals surface area contributed by atoms with Crippen molar-refractivity contribution in [3.63, 3.8) is 0 Å². The normalized spacial score (nSPS) is 10.2. The third-order valence-corrected chi connectivity index (χ3v) is 3.62. The number of hydrogen-bond acceptors (Lipinski definition) is 3. The molecule has 0 aliphatic heterocycles. The van der Waals surface area contributed by atoms with Gasteiger partial charge in [-0.05, 0) is 31.2 Å². The van der Waals surface area contributed by atoms with Crippen molar-refractivity contribution in [2.75, 3.05) is 0 Å². The van der Waals surface area contributed by atoms with Gasteiger partial charge in [0.1, 0.15) is 6.07 Å². The largest absolute Gasteiger partial charge is 0.262 e. The van der Waals surface area contributed by atoms with Crippen LogP contribution in [0.4, 0.5) is 0 Å². The number of nitrogens with zero attached hydrogens (tertiary/aromatic N) is 3. The predicted molar refractivity (Wildman–Crippen MR) is 68.2 cm³/mol. The Morgan fingerprint density at radius 1 is 1.41 bits per heavy atom. The maximum atomic E-state index is 9.03. The molecular formula is C12H10ClN3S. The van der Waals surface area contributed by atoms with Gasteiger partial charge in [-0.1, -0.05) is 23.4 Å². The lowest BCUT2D eigenvalue weighted by Gasteiger charge is -2.04. The minimum absolute atomic E-state index is 0.623. The molecule has 3 nitrogen and oxygen atoms in total. The van der Waals surface area contributed by atoms with Gasteiger partial charge in [-0.25, -0.2) is 0 Å². The average Bonchev–Trinajstić information content (AvgIpc) is 2.58. The second kappa shape index (κ2) is 4.82. The Labute approximate surface area is 109 Å². The zero-order valence-electron chi connectivity index (χ0n) is 9.44. The number of aryl methyl sites for hydroxylation is 2. The van der Waals surface area contributed by atoms with E-state index in [4.69, 9.17) is 16.9 Å². The molecule has 2 rings (SSSR count). The fraction of sp³-hybridized carbons (Fsp3) is 0.167. The maximum Gasteiger partial charge on any atom is 0.100 e. The van der Waals surface area contributed by atoms with Crippen LogP contribution < -0.4 is 0 Å². The van der Waals surface area contributed by atoms with E-state index in [1.54, 1.807) is 22.9 Å². The summed E-state index contributed by atoms with van der Waals surface area (Å²) in [6.45, 7) is 1.94. The molecule has 86 valence electrons. The molecule has 0 unspecified atom stereocenters. The molecule has 0 aliphatic carbocycles. The van der Waals surface area contributed by atoms with Gasteiger partial charge in [0.15, 0.2) is 0 Å². The lowest BCUT2D eigenvalue weighted by molar-refractivity contribution is 0.692. The summed E-state index contributed by atoms with van der Waals surface area (Å²) in [4.78, 5) is 0.850.